The zero-order valence-corrected chi connectivity index (χ0v) is 13.8. The van der Waals surface area contributed by atoms with E-state index in [4.69, 9.17) is 13.8 Å². The fraction of sp³-hybridized carbons (Fsp3) is 0.846. The lowest BCUT2D eigenvalue weighted by atomic mass is 10.0. The summed E-state index contributed by atoms with van der Waals surface area (Å²) in [6.07, 6.45) is 0.119. The van der Waals surface area contributed by atoms with Crippen molar-refractivity contribution in [3.63, 3.8) is 0 Å². The molecule has 0 heterocycles. The van der Waals surface area contributed by atoms with E-state index in [9.17, 15) is 14.2 Å². The Labute approximate surface area is 120 Å². The predicted octanol–water partition coefficient (Wildman–Crippen LogP) is 2.80. The summed E-state index contributed by atoms with van der Waals surface area (Å²) in [5, 5.41) is 0. The van der Waals surface area contributed by atoms with E-state index >= 15 is 0 Å². The first-order chi connectivity index (χ1) is 9.32. The van der Waals surface area contributed by atoms with Gasteiger partial charge < -0.3 is 18.6 Å². The van der Waals surface area contributed by atoms with Crippen LogP contribution in [0, 0.1) is 5.92 Å². The van der Waals surface area contributed by atoms with Gasteiger partial charge in [-0.1, -0.05) is 6.92 Å². The van der Waals surface area contributed by atoms with Gasteiger partial charge in [0.1, 0.15) is 5.78 Å². The first kappa shape index (κ1) is 19.3. The average molecular weight is 308 g/mol. The predicted molar refractivity (Wildman–Crippen MR) is 75.7 cm³/mol. The highest BCUT2D eigenvalue weighted by Crippen LogP contribution is 2.56. The zero-order valence-electron chi connectivity index (χ0n) is 12.9. The van der Waals surface area contributed by atoms with Gasteiger partial charge >= 0.3 is 13.6 Å². The molecule has 0 aliphatic heterocycles. The number of carbonyl (C=O) groups is 2. The number of rotatable bonds is 10. The number of carbonyl (C=O) groups excluding carboxylic acids is 2. The number of ether oxygens (including phenoxy) is 1. The van der Waals surface area contributed by atoms with Gasteiger partial charge in [0, 0.05) is 6.42 Å². The third-order valence-electron chi connectivity index (χ3n) is 2.64. The van der Waals surface area contributed by atoms with Gasteiger partial charge in [-0.15, -0.1) is 0 Å². The van der Waals surface area contributed by atoms with E-state index in [1.807, 2.05) is 0 Å². The number of ketones is 1. The number of esters is 1. The topological polar surface area (TPSA) is 78.9 Å². The minimum absolute atomic E-state index is 0.0913. The molecule has 0 aromatic heterocycles. The van der Waals surface area contributed by atoms with Crippen LogP contribution in [0.3, 0.4) is 0 Å². The third-order valence-corrected chi connectivity index (χ3v) is 5.27. The van der Waals surface area contributed by atoms with E-state index in [-0.39, 0.29) is 32.0 Å². The van der Waals surface area contributed by atoms with Gasteiger partial charge in [0.05, 0.1) is 19.8 Å². The number of hydrogen-bond donors (Lipinski definition) is 0. The minimum Gasteiger partial charge on any atom is -0.465 e. The minimum atomic E-state index is -3.65. The summed E-state index contributed by atoms with van der Waals surface area (Å²) in [6, 6.07) is 0. The number of Topliss-reactive ketones (excluding diaryl/α,β-unsaturated/α-hetero) is 1. The Morgan fingerprint density at radius 2 is 1.55 bits per heavy atom. The van der Waals surface area contributed by atoms with Gasteiger partial charge in [0.25, 0.3) is 0 Å². The molecule has 0 amide bonds. The van der Waals surface area contributed by atoms with Crippen molar-refractivity contribution in [1.82, 2.24) is 0 Å². The molecule has 0 aliphatic carbocycles. The zero-order chi connectivity index (χ0) is 15.8. The molecule has 0 bridgehead atoms. The van der Waals surface area contributed by atoms with Crippen LogP contribution in [0.25, 0.3) is 0 Å². The monoisotopic (exact) mass is 308 g/mol. The summed E-state index contributed by atoms with van der Waals surface area (Å²) in [4.78, 5) is 23.4. The molecule has 0 fully saturated rings. The van der Waals surface area contributed by atoms with Gasteiger partial charge in [-0.3, -0.25) is 9.36 Å². The van der Waals surface area contributed by atoms with Crippen LogP contribution in [0.15, 0.2) is 0 Å². The molecule has 2 unspecified atom stereocenters. The summed E-state index contributed by atoms with van der Waals surface area (Å²) in [6.45, 7) is 8.57. The average Bonchev–Trinajstić information content (AvgIpc) is 2.28. The molecule has 0 spiro atoms. The lowest BCUT2D eigenvalue weighted by Gasteiger charge is -2.28. The van der Waals surface area contributed by atoms with Crippen LogP contribution >= 0.6 is 7.60 Å². The third kappa shape index (κ3) is 5.73. The standard InChI is InChI=1S/C13H25O6P/c1-6-17-13(15)12(10(4)9-11(5)14)20(16,18-7-2)19-8-3/h10,12H,6-9H2,1-5H3. The highest BCUT2D eigenvalue weighted by molar-refractivity contribution is 7.55. The van der Waals surface area contributed by atoms with Crippen molar-refractivity contribution in [2.45, 2.75) is 46.7 Å². The SMILES string of the molecule is CCOC(=O)C(C(C)CC(C)=O)P(=O)(OCC)OCC. The Morgan fingerprint density at radius 1 is 1.05 bits per heavy atom. The van der Waals surface area contributed by atoms with Crippen LogP contribution in [0.4, 0.5) is 0 Å². The maximum absolute atomic E-state index is 12.8. The van der Waals surface area contributed by atoms with Crippen molar-refractivity contribution in [3.05, 3.63) is 0 Å². The molecule has 6 nitrogen and oxygen atoms in total. The maximum Gasteiger partial charge on any atom is 0.345 e. The second kappa shape index (κ2) is 9.27. The molecule has 118 valence electrons. The summed E-state index contributed by atoms with van der Waals surface area (Å²) in [5.74, 6) is -1.21. The first-order valence-electron chi connectivity index (χ1n) is 6.87. The summed E-state index contributed by atoms with van der Waals surface area (Å²) in [5.41, 5.74) is -1.08. The van der Waals surface area contributed by atoms with Crippen LogP contribution in [0.5, 0.6) is 0 Å². The highest BCUT2D eigenvalue weighted by Gasteiger charge is 2.45. The van der Waals surface area contributed by atoms with E-state index in [1.54, 1.807) is 27.7 Å². The van der Waals surface area contributed by atoms with Crippen LogP contribution < -0.4 is 0 Å². The first-order valence-corrected chi connectivity index (χ1v) is 8.48. The Balaban J connectivity index is 5.39. The second-order valence-electron chi connectivity index (χ2n) is 4.46. The van der Waals surface area contributed by atoms with Crippen molar-refractivity contribution < 1.29 is 27.9 Å². The molecule has 0 aromatic carbocycles. The van der Waals surface area contributed by atoms with Crippen molar-refractivity contribution in [3.8, 4) is 0 Å². The molecular formula is C13H25O6P. The lowest BCUT2D eigenvalue weighted by molar-refractivity contribution is -0.144. The van der Waals surface area contributed by atoms with E-state index < -0.39 is 25.1 Å². The second-order valence-corrected chi connectivity index (χ2v) is 6.61. The molecule has 0 radical (unpaired) electrons. The molecular weight excluding hydrogens is 283 g/mol. The van der Waals surface area contributed by atoms with E-state index in [2.05, 4.69) is 0 Å². The Morgan fingerprint density at radius 3 is 1.90 bits per heavy atom. The van der Waals surface area contributed by atoms with Gasteiger partial charge in [-0.25, -0.2) is 0 Å². The summed E-state index contributed by atoms with van der Waals surface area (Å²) >= 11 is 0. The normalized spacial score (nSPS) is 14.7. The van der Waals surface area contributed by atoms with Crippen molar-refractivity contribution in [2.75, 3.05) is 19.8 Å². The molecule has 2 atom stereocenters. The molecule has 0 aliphatic rings. The van der Waals surface area contributed by atoms with E-state index in [0.29, 0.717) is 0 Å². The molecule has 0 rings (SSSR count). The summed E-state index contributed by atoms with van der Waals surface area (Å²) in [7, 11) is -3.65. The van der Waals surface area contributed by atoms with Crippen molar-refractivity contribution in [2.24, 2.45) is 5.92 Å². The van der Waals surface area contributed by atoms with Gasteiger partial charge in [0.15, 0.2) is 5.66 Å². The Hall–Kier alpha value is -0.710. The molecule has 0 saturated carbocycles. The largest absolute Gasteiger partial charge is 0.465 e. The maximum atomic E-state index is 12.8. The molecule has 20 heavy (non-hydrogen) atoms. The van der Waals surface area contributed by atoms with Crippen molar-refractivity contribution >= 4 is 19.3 Å². The fourth-order valence-corrected chi connectivity index (χ4v) is 4.20. The molecule has 0 saturated heterocycles. The van der Waals surface area contributed by atoms with Gasteiger partial charge in [0.2, 0.25) is 0 Å². The number of hydrogen-bond acceptors (Lipinski definition) is 6. The molecule has 0 aromatic rings. The molecule has 7 heteroatoms. The van der Waals surface area contributed by atoms with Crippen molar-refractivity contribution in [1.29, 1.82) is 0 Å². The van der Waals surface area contributed by atoms with E-state index in [1.165, 1.54) is 6.92 Å². The fourth-order valence-electron chi connectivity index (χ4n) is 2.02. The lowest BCUT2D eigenvalue weighted by Crippen LogP contribution is -2.33. The Kier molecular flexibility index (Phi) is 8.94. The van der Waals surface area contributed by atoms with Crippen LogP contribution in [0.1, 0.15) is 41.0 Å². The van der Waals surface area contributed by atoms with Crippen LogP contribution in [0.2, 0.25) is 0 Å². The summed E-state index contributed by atoms with van der Waals surface area (Å²) < 4.78 is 28.2. The van der Waals surface area contributed by atoms with Crippen LogP contribution in [-0.4, -0.2) is 37.2 Å². The molecule has 0 N–H and O–H groups in total. The smallest absolute Gasteiger partial charge is 0.345 e. The Bertz CT molecular complexity index is 358. The quantitative estimate of drug-likeness (QED) is 0.456. The van der Waals surface area contributed by atoms with Crippen LogP contribution in [-0.2, 0) is 27.9 Å². The van der Waals surface area contributed by atoms with Gasteiger partial charge in [-0.05, 0) is 33.6 Å². The highest BCUT2D eigenvalue weighted by atomic mass is 31.2. The van der Waals surface area contributed by atoms with E-state index in [0.717, 1.165) is 0 Å². The van der Waals surface area contributed by atoms with Gasteiger partial charge in [-0.2, -0.15) is 0 Å².